The van der Waals surface area contributed by atoms with Gasteiger partial charge in [-0.15, -0.1) is 0 Å². The van der Waals surface area contributed by atoms with Crippen LogP contribution < -0.4 is 5.32 Å². The minimum absolute atomic E-state index is 0.0762. The first kappa shape index (κ1) is 23.3. The Balaban J connectivity index is 3.09. The van der Waals surface area contributed by atoms with Gasteiger partial charge in [-0.25, -0.2) is 4.79 Å². The number of nitrogens with one attached hydrogen (secondary N) is 1. The van der Waals surface area contributed by atoms with Crippen LogP contribution >= 0.6 is 0 Å². The summed E-state index contributed by atoms with van der Waals surface area (Å²) >= 11 is 0. The summed E-state index contributed by atoms with van der Waals surface area (Å²) in [6.45, 7) is 16.0. The van der Waals surface area contributed by atoms with Crippen LogP contribution in [0.25, 0.3) is 0 Å². The van der Waals surface area contributed by atoms with Gasteiger partial charge in [0.25, 0.3) is 0 Å². The van der Waals surface area contributed by atoms with Crippen LogP contribution in [0.15, 0.2) is 11.3 Å². The number of carbonyl (C=O) groups is 2. The summed E-state index contributed by atoms with van der Waals surface area (Å²) in [7, 11) is 1.66. The number of carbonyl (C=O) groups excluding carboxylic acids is 2. The van der Waals surface area contributed by atoms with Crippen molar-refractivity contribution in [1.29, 1.82) is 0 Å². The lowest BCUT2D eigenvalue weighted by Crippen LogP contribution is -2.56. The third-order valence-corrected chi connectivity index (χ3v) is 4.78. The molecule has 27 heavy (non-hydrogen) atoms. The number of likely N-dealkylation sites (tertiary alicyclic amines) is 1. The fourth-order valence-electron chi connectivity index (χ4n) is 3.31. The third-order valence-electron chi connectivity index (χ3n) is 4.78. The van der Waals surface area contributed by atoms with Gasteiger partial charge in [0, 0.05) is 6.54 Å². The van der Waals surface area contributed by atoms with Crippen LogP contribution in [0.3, 0.4) is 0 Å². The van der Waals surface area contributed by atoms with E-state index in [2.05, 4.69) is 12.2 Å². The van der Waals surface area contributed by atoms with Gasteiger partial charge in [-0.05, 0) is 57.9 Å². The van der Waals surface area contributed by atoms with Crippen LogP contribution in [0.2, 0.25) is 0 Å². The van der Waals surface area contributed by atoms with Crippen LogP contribution in [-0.4, -0.2) is 48.2 Å². The molecular weight excluding hydrogens is 344 g/mol. The lowest BCUT2D eigenvalue weighted by molar-refractivity contribution is -0.137. The Morgan fingerprint density at radius 3 is 2.22 bits per heavy atom. The highest BCUT2D eigenvalue weighted by molar-refractivity contribution is 5.87. The number of hydrogen-bond acceptors (Lipinski definition) is 4. The van der Waals surface area contributed by atoms with E-state index < -0.39 is 23.2 Å². The summed E-state index contributed by atoms with van der Waals surface area (Å²) < 4.78 is 11.0. The summed E-state index contributed by atoms with van der Waals surface area (Å²) in [5.74, 6) is 0.780. The molecule has 1 aliphatic heterocycles. The Kier molecular flexibility index (Phi) is 7.76. The van der Waals surface area contributed by atoms with E-state index in [-0.39, 0.29) is 11.9 Å². The summed E-state index contributed by atoms with van der Waals surface area (Å²) in [6, 6.07) is -0.749. The first-order valence-electron chi connectivity index (χ1n) is 9.85. The molecule has 6 heteroatoms. The number of alkyl carbamates (subject to hydrolysis) is 1. The SMILES string of the molecule is CC/C(C)=C(/OC)C1CCCN1C(=O)C(NC(=O)OC(C)(C)C)C(C)(C)C. The van der Waals surface area contributed by atoms with Gasteiger partial charge in [-0.1, -0.05) is 27.7 Å². The zero-order valence-corrected chi connectivity index (χ0v) is 18.6. The molecule has 0 aromatic heterocycles. The van der Waals surface area contributed by atoms with Crippen LogP contribution in [0, 0.1) is 5.41 Å². The van der Waals surface area contributed by atoms with E-state index in [1.807, 2.05) is 32.6 Å². The van der Waals surface area contributed by atoms with E-state index in [0.29, 0.717) is 6.54 Å². The standard InChI is InChI=1S/C21H38N2O4/c1-10-14(2)16(26-9)15-12-11-13-23(15)18(24)17(20(3,4)5)22-19(25)27-21(6,7)8/h15,17H,10-13H2,1-9H3,(H,22,25)/b16-14+. The molecule has 0 radical (unpaired) electrons. The Bertz CT molecular complexity index is 570. The van der Waals surface area contributed by atoms with Crippen molar-refractivity contribution in [3.05, 3.63) is 11.3 Å². The maximum Gasteiger partial charge on any atom is 0.408 e. The number of methoxy groups -OCH3 is 1. The van der Waals surface area contributed by atoms with Crippen molar-refractivity contribution in [2.24, 2.45) is 5.41 Å². The molecule has 0 spiro atoms. The van der Waals surface area contributed by atoms with E-state index in [9.17, 15) is 9.59 Å². The topological polar surface area (TPSA) is 67.9 Å². The molecule has 0 bridgehead atoms. The van der Waals surface area contributed by atoms with Gasteiger partial charge in [-0.3, -0.25) is 4.79 Å². The molecule has 156 valence electrons. The summed E-state index contributed by atoms with van der Waals surface area (Å²) in [6.07, 6.45) is 2.10. The molecule has 0 saturated carbocycles. The van der Waals surface area contributed by atoms with Crippen molar-refractivity contribution >= 4 is 12.0 Å². The molecule has 2 unspecified atom stereocenters. The first-order valence-corrected chi connectivity index (χ1v) is 9.85. The van der Waals surface area contributed by atoms with Crippen LogP contribution in [0.5, 0.6) is 0 Å². The van der Waals surface area contributed by atoms with Gasteiger partial charge in [0.05, 0.1) is 13.2 Å². The highest BCUT2D eigenvalue weighted by atomic mass is 16.6. The Labute approximate surface area is 164 Å². The smallest absolute Gasteiger partial charge is 0.408 e. The van der Waals surface area contributed by atoms with Gasteiger partial charge >= 0.3 is 6.09 Å². The van der Waals surface area contributed by atoms with Crippen molar-refractivity contribution in [2.75, 3.05) is 13.7 Å². The maximum absolute atomic E-state index is 13.4. The fourth-order valence-corrected chi connectivity index (χ4v) is 3.31. The number of nitrogens with zero attached hydrogens (tertiary/aromatic N) is 1. The predicted octanol–water partition coefficient (Wildman–Crippen LogP) is 4.25. The number of allylic oxidation sites excluding steroid dienone is 1. The summed E-state index contributed by atoms with van der Waals surface area (Å²) in [5.41, 5.74) is 0.0861. The summed E-state index contributed by atoms with van der Waals surface area (Å²) in [4.78, 5) is 27.6. The minimum Gasteiger partial charge on any atom is -0.499 e. The van der Waals surface area contributed by atoms with Gasteiger partial charge in [0.2, 0.25) is 5.91 Å². The molecule has 1 fully saturated rings. The highest BCUT2D eigenvalue weighted by Gasteiger charge is 2.41. The lowest BCUT2D eigenvalue weighted by atomic mass is 9.85. The zero-order valence-electron chi connectivity index (χ0n) is 18.6. The second-order valence-electron chi connectivity index (χ2n) is 9.34. The number of hydrogen-bond donors (Lipinski definition) is 1. The molecular formula is C21H38N2O4. The molecule has 0 aliphatic carbocycles. The Hall–Kier alpha value is -1.72. The molecule has 0 aromatic carbocycles. The molecule has 6 nitrogen and oxygen atoms in total. The van der Waals surface area contributed by atoms with Crippen molar-refractivity contribution in [3.8, 4) is 0 Å². The van der Waals surface area contributed by atoms with Crippen molar-refractivity contribution in [2.45, 2.75) is 92.3 Å². The van der Waals surface area contributed by atoms with E-state index in [4.69, 9.17) is 9.47 Å². The van der Waals surface area contributed by atoms with Crippen LogP contribution in [-0.2, 0) is 14.3 Å². The second-order valence-corrected chi connectivity index (χ2v) is 9.34. The number of ether oxygens (including phenoxy) is 2. The van der Waals surface area contributed by atoms with Crippen molar-refractivity contribution < 1.29 is 19.1 Å². The first-order chi connectivity index (χ1) is 12.3. The number of rotatable bonds is 5. The highest BCUT2D eigenvalue weighted by Crippen LogP contribution is 2.30. The van der Waals surface area contributed by atoms with Gasteiger partial charge in [0.15, 0.2) is 0 Å². The predicted molar refractivity (Wildman–Crippen MR) is 107 cm³/mol. The normalized spacial score (nSPS) is 20.0. The Morgan fingerprint density at radius 1 is 1.19 bits per heavy atom. The van der Waals surface area contributed by atoms with E-state index in [1.54, 1.807) is 27.9 Å². The third kappa shape index (κ3) is 6.43. The van der Waals surface area contributed by atoms with E-state index in [1.165, 1.54) is 0 Å². The zero-order chi connectivity index (χ0) is 21.0. The van der Waals surface area contributed by atoms with Crippen LogP contribution in [0.1, 0.15) is 74.7 Å². The monoisotopic (exact) mass is 382 g/mol. The van der Waals surface area contributed by atoms with Gasteiger partial charge in [0.1, 0.15) is 17.4 Å². The molecule has 0 aromatic rings. The van der Waals surface area contributed by atoms with Crippen molar-refractivity contribution in [3.63, 3.8) is 0 Å². The Morgan fingerprint density at radius 2 is 1.78 bits per heavy atom. The number of amides is 2. The average molecular weight is 383 g/mol. The molecule has 1 saturated heterocycles. The van der Waals surface area contributed by atoms with E-state index >= 15 is 0 Å². The largest absolute Gasteiger partial charge is 0.499 e. The van der Waals surface area contributed by atoms with E-state index in [0.717, 1.165) is 30.6 Å². The maximum atomic E-state index is 13.4. The molecule has 2 amide bonds. The summed E-state index contributed by atoms with van der Waals surface area (Å²) in [5, 5.41) is 2.80. The molecule has 1 N–H and O–H groups in total. The molecule has 2 atom stereocenters. The quantitative estimate of drug-likeness (QED) is 0.722. The van der Waals surface area contributed by atoms with Gasteiger partial charge < -0.3 is 19.7 Å². The fraction of sp³-hybridized carbons (Fsp3) is 0.810. The minimum atomic E-state index is -0.673. The lowest BCUT2D eigenvalue weighted by Gasteiger charge is -2.36. The molecule has 1 rings (SSSR count). The van der Waals surface area contributed by atoms with Gasteiger partial charge in [-0.2, -0.15) is 0 Å². The molecule has 1 aliphatic rings. The average Bonchev–Trinajstić information content (AvgIpc) is 2.99. The molecule has 1 heterocycles. The van der Waals surface area contributed by atoms with Crippen LogP contribution in [0.4, 0.5) is 4.79 Å². The van der Waals surface area contributed by atoms with Crippen molar-refractivity contribution in [1.82, 2.24) is 10.2 Å². The second kappa shape index (κ2) is 8.98.